The van der Waals surface area contributed by atoms with E-state index in [4.69, 9.17) is 0 Å². The van der Waals surface area contributed by atoms with E-state index < -0.39 is 0 Å². The van der Waals surface area contributed by atoms with Gasteiger partial charge in [0.1, 0.15) is 5.82 Å². The van der Waals surface area contributed by atoms with E-state index in [9.17, 15) is 4.39 Å². The van der Waals surface area contributed by atoms with Gasteiger partial charge in [-0.05, 0) is 39.7 Å². The Morgan fingerprint density at radius 3 is 2.42 bits per heavy atom. The molecule has 0 N–H and O–H groups in total. The maximum Gasteiger partial charge on any atom is 0.137 e. The normalized spacial score (nSPS) is 10.9. The fraction of sp³-hybridized carbons (Fsp3) is 0.250. The molecule has 3 heteroatoms. The van der Waals surface area contributed by atoms with Crippen LogP contribution in [0.1, 0.15) is 18.1 Å². The van der Waals surface area contributed by atoms with Crippen molar-refractivity contribution in [2.45, 2.75) is 20.0 Å². The lowest BCUT2D eigenvalue weighted by atomic mass is 10.1. The molecular weight excluding hydrogens is 305 g/mol. The first kappa shape index (κ1) is 14.2. The first-order chi connectivity index (χ1) is 9.20. The third-order valence-electron chi connectivity index (χ3n) is 3.12. The van der Waals surface area contributed by atoms with Crippen LogP contribution in [0, 0.1) is 5.82 Å². The van der Waals surface area contributed by atoms with Gasteiger partial charge in [-0.1, -0.05) is 49.4 Å². The molecule has 2 rings (SSSR count). The number of hydrogen-bond donors (Lipinski definition) is 0. The molecule has 0 aromatic heterocycles. The Bertz CT molecular complexity index is 528. The van der Waals surface area contributed by atoms with Crippen molar-refractivity contribution in [3.8, 4) is 0 Å². The Morgan fingerprint density at radius 1 is 1.00 bits per heavy atom. The molecule has 0 aliphatic heterocycles. The van der Waals surface area contributed by atoms with Crippen molar-refractivity contribution in [3.05, 3.63) is 69.9 Å². The molecule has 0 aliphatic carbocycles. The molecule has 0 radical (unpaired) electrons. The highest BCUT2D eigenvalue weighted by Gasteiger charge is 2.09. The minimum absolute atomic E-state index is 0.201. The van der Waals surface area contributed by atoms with Crippen molar-refractivity contribution in [2.24, 2.45) is 0 Å². The van der Waals surface area contributed by atoms with Gasteiger partial charge in [0.15, 0.2) is 0 Å². The molecule has 0 spiro atoms. The monoisotopic (exact) mass is 321 g/mol. The van der Waals surface area contributed by atoms with E-state index in [-0.39, 0.29) is 5.82 Å². The first-order valence-electron chi connectivity index (χ1n) is 6.40. The lowest BCUT2D eigenvalue weighted by Crippen LogP contribution is -2.22. The van der Waals surface area contributed by atoms with Gasteiger partial charge in [-0.3, -0.25) is 4.90 Å². The second-order valence-corrected chi connectivity index (χ2v) is 5.29. The van der Waals surface area contributed by atoms with Crippen molar-refractivity contribution < 1.29 is 4.39 Å². The summed E-state index contributed by atoms with van der Waals surface area (Å²) in [4.78, 5) is 2.29. The number of halogens is 2. The first-order valence-corrected chi connectivity index (χ1v) is 7.19. The zero-order chi connectivity index (χ0) is 13.7. The molecule has 0 heterocycles. The molecule has 0 saturated heterocycles. The van der Waals surface area contributed by atoms with Crippen molar-refractivity contribution in [3.63, 3.8) is 0 Å². The molecule has 100 valence electrons. The SMILES string of the molecule is CCN(Cc1ccccc1)Cc1cccc(F)c1Br. The smallest absolute Gasteiger partial charge is 0.137 e. The molecule has 0 atom stereocenters. The van der Waals surface area contributed by atoms with Gasteiger partial charge in [0.05, 0.1) is 4.47 Å². The standard InChI is InChI=1S/C16H17BrFN/c1-2-19(11-13-7-4-3-5-8-13)12-14-9-6-10-15(18)16(14)17/h3-10H,2,11-12H2,1H3. The van der Waals surface area contributed by atoms with E-state index in [1.54, 1.807) is 6.07 Å². The molecule has 0 aliphatic rings. The van der Waals surface area contributed by atoms with Gasteiger partial charge >= 0.3 is 0 Å². The molecule has 1 nitrogen and oxygen atoms in total. The lowest BCUT2D eigenvalue weighted by molar-refractivity contribution is 0.270. The largest absolute Gasteiger partial charge is 0.295 e. The van der Waals surface area contributed by atoms with E-state index in [1.165, 1.54) is 11.6 Å². The predicted octanol–water partition coefficient (Wildman–Crippen LogP) is 4.61. The van der Waals surface area contributed by atoms with Gasteiger partial charge in [-0.15, -0.1) is 0 Å². The van der Waals surface area contributed by atoms with Gasteiger partial charge in [0.2, 0.25) is 0 Å². The molecular formula is C16H17BrFN. The summed E-state index contributed by atoms with van der Waals surface area (Å²) in [5.41, 5.74) is 2.26. The second-order valence-electron chi connectivity index (χ2n) is 4.50. The Morgan fingerprint density at radius 2 is 1.74 bits per heavy atom. The highest BCUT2D eigenvalue weighted by Crippen LogP contribution is 2.22. The summed E-state index contributed by atoms with van der Waals surface area (Å²) in [6.45, 7) is 4.66. The highest BCUT2D eigenvalue weighted by atomic mass is 79.9. The van der Waals surface area contributed by atoms with Gasteiger partial charge < -0.3 is 0 Å². The van der Waals surface area contributed by atoms with E-state index in [0.29, 0.717) is 4.47 Å². The highest BCUT2D eigenvalue weighted by molar-refractivity contribution is 9.10. The van der Waals surface area contributed by atoms with Gasteiger partial charge in [0, 0.05) is 13.1 Å². The maximum atomic E-state index is 13.5. The minimum Gasteiger partial charge on any atom is -0.295 e. The quantitative estimate of drug-likeness (QED) is 0.777. The second kappa shape index (κ2) is 6.83. The number of rotatable bonds is 5. The molecule has 19 heavy (non-hydrogen) atoms. The van der Waals surface area contributed by atoms with Crippen LogP contribution in [0.5, 0.6) is 0 Å². The number of benzene rings is 2. The topological polar surface area (TPSA) is 3.24 Å². The van der Waals surface area contributed by atoms with Crippen LogP contribution >= 0.6 is 15.9 Å². The fourth-order valence-electron chi connectivity index (χ4n) is 2.03. The Balaban J connectivity index is 2.09. The Hall–Kier alpha value is -1.19. The van der Waals surface area contributed by atoms with Crippen LogP contribution < -0.4 is 0 Å². The third-order valence-corrected chi connectivity index (χ3v) is 4.01. The number of hydrogen-bond acceptors (Lipinski definition) is 1. The summed E-state index contributed by atoms with van der Waals surface area (Å²) in [7, 11) is 0. The zero-order valence-electron chi connectivity index (χ0n) is 10.9. The number of nitrogens with zero attached hydrogens (tertiary/aromatic N) is 1. The molecule has 0 amide bonds. The van der Waals surface area contributed by atoms with Gasteiger partial charge in [0.25, 0.3) is 0 Å². The van der Waals surface area contributed by atoms with E-state index in [0.717, 1.165) is 25.2 Å². The van der Waals surface area contributed by atoms with Gasteiger partial charge in [-0.25, -0.2) is 4.39 Å². The Labute approximate surface area is 122 Å². The predicted molar refractivity (Wildman–Crippen MR) is 80.3 cm³/mol. The molecule has 0 fully saturated rings. The van der Waals surface area contributed by atoms with Gasteiger partial charge in [-0.2, -0.15) is 0 Å². The van der Waals surface area contributed by atoms with Crippen LogP contribution in [0.2, 0.25) is 0 Å². The molecule has 0 bridgehead atoms. The summed E-state index contributed by atoms with van der Waals surface area (Å²) in [5.74, 6) is -0.201. The van der Waals surface area contributed by atoms with Crippen LogP contribution in [-0.2, 0) is 13.1 Å². The zero-order valence-corrected chi connectivity index (χ0v) is 12.5. The van der Waals surface area contributed by atoms with E-state index in [1.807, 2.05) is 24.3 Å². The summed E-state index contributed by atoms with van der Waals surface area (Å²) in [6.07, 6.45) is 0. The van der Waals surface area contributed by atoms with Crippen molar-refractivity contribution >= 4 is 15.9 Å². The molecule has 0 saturated carbocycles. The molecule has 2 aromatic rings. The van der Waals surface area contributed by atoms with Crippen LogP contribution in [-0.4, -0.2) is 11.4 Å². The van der Waals surface area contributed by atoms with Crippen LogP contribution in [0.15, 0.2) is 53.0 Å². The van der Waals surface area contributed by atoms with E-state index >= 15 is 0 Å². The lowest BCUT2D eigenvalue weighted by Gasteiger charge is -2.21. The summed E-state index contributed by atoms with van der Waals surface area (Å²) >= 11 is 3.32. The van der Waals surface area contributed by atoms with Crippen LogP contribution in [0.25, 0.3) is 0 Å². The molecule has 2 aromatic carbocycles. The molecule has 0 unspecified atom stereocenters. The average molecular weight is 322 g/mol. The maximum absolute atomic E-state index is 13.5. The summed E-state index contributed by atoms with van der Waals surface area (Å²) < 4.78 is 14.1. The minimum atomic E-state index is -0.201. The summed E-state index contributed by atoms with van der Waals surface area (Å²) in [6, 6.07) is 15.5. The van der Waals surface area contributed by atoms with Crippen LogP contribution in [0.3, 0.4) is 0 Å². The van der Waals surface area contributed by atoms with Crippen molar-refractivity contribution in [1.82, 2.24) is 4.90 Å². The van der Waals surface area contributed by atoms with Crippen LogP contribution in [0.4, 0.5) is 4.39 Å². The fourth-order valence-corrected chi connectivity index (χ4v) is 2.42. The van der Waals surface area contributed by atoms with Crippen molar-refractivity contribution in [2.75, 3.05) is 6.54 Å². The average Bonchev–Trinajstić information content (AvgIpc) is 2.44. The summed E-state index contributed by atoms with van der Waals surface area (Å²) in [5, 5.41) is 0. The van der Waals surface area contributed by atoms with E-state index in [2.05, 4.69) is 39.9 Å². The van der Waals surface area contributed by atoms with Crippen molar-refractivity contribution in [1.29, 1.82) is 0 Å². The Kier molecular flexibility index (Phi) is 5.11. The third kappa shape index (κ3) is 3.88.